The van der Waals surface area contributed by atoms with Crippen LogP contribution in [0.4, 0.5) is 0 Å². The van der Waals surface area contributed by atoms with E-state index in [1.807, 2.05) is 13.0 Å². The van der Waals surface area contributed by atoms with Gasteiger partial charge in [0.1, 0.15) is 36.6 Å². The van der Waals surface area contributed by atoms with Gasteiger partial charge in [0.05, 0.1) is 25.4 Å². The predicted molar refractivity (Wildman–Crippen MR) is 265 cm³/mol. The Kier molecular flexibility index (Phi) is 41.1. The number of aliphatic hydroxyl groups is 7. The van der Waals surface area contributed by atoms with Crippen molar-refractivity contribution in [2.75, 3.05) is 13.2 Å². The van der Waals surface area contributed by atoms with Crippen molar-refractivity contribution in [3.05, 3.63) is 36.5 Å². The van der Waals surface area contributed by atoms with Crippen LogP contribution in [0.5, 0.6) is 0 Å². The number of carbonyl (C=O) groups excluding carboxylic acids is 1. The third-order valence-electron chi connectivity index (χ3n) is 13.0. The smallest absolute Gasteiger partial charge is 0.249 e. The lowest BCUT2D eigenvalue weighted by atomic mass is 9.98. The molecule has 9 atom stereocenters. The Labute approximate surface area is 397 Å². The van der Waals surface area contributed by atoms with Crippen molar-refractivity contribution in [1.29, 1.82) is 0 Å². The van der Waals surface area contributed by atoms with E-state index in [0.29, 0.717) is 19.3 Å². The molecule has 1 fully saturated rings. The summed E-state index contributed by atoms with van der Waals surface area (Å²) >= 11 is 0. The first-order valence-corrected chi connectivity index (χ1v) is 26.9. The minimum atomic E-state index is -1.67. The molecule has 11 heteroatoms. The van der Waals surface area contributed by atoms with Crippen LogP contribution in [0.3, 0.4) is 0 Å². The van der Waals surface area contributed by atoms with Crippen molar-refractivity contribution in [2.24, 2.45) is 0 Å². The Bertz CT molecular complexity index is 1150. The van der Waals surface area contributed by atoms with Crippen molar-refractivity contribution in [1.82, 2.24) is 5.32 Å². The van der Waals surface area contributed by atoms with Gasteiger partial charge in [-0.2, -0.15) is 0 Å². The molecular weight excluding hydrogens is 823 g/mol. The SMILES string of the molecule is C/C=C/CC/C=C/CC/C=C/CCCC(O)C(O)C(COC1OC(CO)C(O)C(O)C1O)NC(=O)C(O)CCCCCCCCCCCCCCCCCCCCCCCCCCCC. The van der Waals surface area contributed by atoms with Gasteiger partial charge in [0.25, 0.3) is 0 Å². The van der Waals surface area contributed by atoms with E-state index in [9.17, 15) is 40.5 Å². The van der Waals surface area contributed by atoms with Gasteiger partial charge in [-0.3, -0.25) is 4.79 Å². The highest BCUT2D eigenvalue weighted by Gasteiger charge is 2.44. The molecule has 1 aliphatic rings. The zero-order valence-electron chi connectivity index (χ0n) is 41.5. The average Bonchev–Trinajstić information content (AvgIpc) is 3.31. The normalized spacial score (nSPS) is 21.2. The van der Waals surface area contributed by atoms with E-state index in [1.165, 1.54) is 141 Å². The zero-order valence-corrected chi connectivity index (χ0v) is 41.5. The van der Waals surface area contributed by atoms with Crippen molar-refractivity contribution >= 4 is 5.91 Å². The van der Waals surface area contributed by atoms with Crippen LogP contribution in [0, 0.1) is 0 Å². The number of hydrogen-bond donors (Lipinski definition) is 8. The average molecular weight is 924 g/mol. The number of aliphatic hydroxyl groups excluding tert-OH is 7. The van der Waals surface area contributed by atoms with Crippen LogP contribution in [-0.4, -0.2) is 110 Å². The van der Waals surface area contributed by atoms with E-state index >= 15 is 0 Å². The quantitative estimate of drug-likeness (QED) is 0.0216. The molecule has 0 saturated carbocycles. The second-order valence-corrected chi connectivity index (χ2v) is 18.9. The molecule has 0 aliphatic carbocycles. The van der Waals surface area contributed by atoms with Gasteiger partial charge in [-0.15, -0.1) is 0 Å². The zero-order chi connectivity index (χ0) is 47.6. The molecule has 0 aromatic rings. The summed E-state index contributed by atoms with van der Waals surface area (Å²) in [4.78, 5) is 13.1. The fourth-order valence-corrected chi connectivity index (χ4v) is 8.60. The van der Waals surface area contributed by atoms with Gasteiger partial charge in [-0.25, -0.2) is 0 Å². The third kappa shape index (κ3) is 32.7. The van der Waals surface area contributed by atoms with E-state index in [4.69, 9.17) is 9.47 Å². The van der Waals surface area contributed by atoms with Crippen molar-refractivity contribution in [3.63, 3.8) is 0 Å². The van der Waals surface area contributed by atoms with Crippen LogP contribution >= 0.6 is 0 Å². The number of nitrogens with one attached hydrogen (secondary N) is 1. The maximum Gasteiger partial charge on any atom is 0.249 e. The van der Waals surface area contributed by atoms with Gasteiger partial charge >= 0.3 is 0 Å². The minimum Gasteiger partial charge on any atom is -0.394 e. The van der Waals surface area contributed by atoms with E-state index < -0.39 is 74.2 Å². The number of rotatable bonds is 45. The second kappa shape index (κ2) is 43.6. The molecule has 65 heavy (non-hydrogen) atoms. The maximum absolute atomic E-state index is 13.1. The van der Waals surface area contributed by atoms with Gasteiger partial charge < -0.3 is 50.5 Å². The molecule has 0 aromatic carbocycles. The van der Waals surface area contributed by atoms with Gasteiger partial charge in [0, 0.05) is 0 Å². The number of hydrogen-bond acceptors (Lipinski definition) is 10. The van der Waals surface area contributed by atoms with Crippen LogP contribution in [0.1, 0.15) is 232 Å². The molecule has 11 nitrogen and oxygen atoms in total. The third-order valence-corrected chi connectivity index (χ3v) is 13.0. The fraction of sp³-hybridized carbons (Fsp3) is 0.870. The topological polar surface area (TPSA) is 189 Å². The first-order chi connectivity index (χ1) is 31.7. The number of carbonyl (C=O) groups is 1. The molecule has 1 aliphatic heterocycles. The maximum atomic E-state index is 13.1. The highest BCUT2D eigenvalue weighted by Crippen LogP contribution is 2.23. The molecule has 0 bridgehead atoms. The monoisotopic (exact) mass is 924 g/mol. The molecule has 0 aromatic heterocycles. The van der Waals surface area contributed by atoms with Gasteiger partial charge in [0.15, 0.2) is 6.29 Å². The molecule has 1 heterocycles. The Morgan fingerprint density at radius 2 is 0.969 bits per heavy atom. The summed E-state index contributed by atoms with van der Waals surface area (Å²) in [6.45, 7) is 3.22. The van der Waals surface area contributed by atoms with Crippen LogP contribution in [0.2, 0.25) is 0 Å². The van der Waals surface area contributed by atoms with Crippen LogP contribution in [0.25, 0.3) is 0 Å². The van der Waals surface area contributed by atoms with Gasteiger partial charge in [-0.05, 0) is 58.3 Å². The summed E-state index contributed by atoms with van der Waals surface area (Å²) < 4.78 is 11.1. The number of allylic oxidation sites excluding steroid dienone is 6. The van der Waals surface area contributed by atoms with Crippen LogP contribution < -0.4 is 5.32 Å². The lowest BCUT2D eigenvalue weighted by Crippen LogP contribution is -2.60. The summed E-state index contributed by atoms with van der Waals surface area (Å²) in [7, 11) is 0. The molecule has 1 saturated heterocycles. The Morgan fingerprint density at radius 1 is 0.554 bits per heavy atom. The highest BCUT2D eigenvalue weighted by molar-refractivity contribution is 5.80. The number of ether oxygens (including phenoxy) is 2. The van der Waals surface area contributed by atoms with E-state index in [1.54, 1.807) is 0 Å². The summed E-state index contributed by atoms with van der Waals surface area (Å²) in [6.07, 6.45) is 40.9. The lowest BCUT2D eigenvalue weighted by Gasteiger charge is -2.40. The Balaban J connectivity index is 2.28. The Morgan fingerprint density at radius 3 is 1.40 bits per heavy atom. The van der Waals surface area contributed by atoms with Gasteiger partial charge in [-0.1, -0.05) is 210 Å². The molecule has 1 amide bonds. The standard InChI is InChI=1S/C54H101NO10/c1-3-5-7-9-11-13-15-17-18-19-20-21-22-23-24-25-26-27-28-29-30-32-34-36-38-40-42-47(58)53(63)55-45(44-64-54-52(62)51(61)50(60)48(43-56)65-54)49(59)46(57)41-39-37-35-33-31-16-14-12-10-8-6-4-2/h4,6,12,14,33,35,45-52,54,56-62H,3,5,7-11,13,15-32,34,36-44H2,1-2H3,(H,55,63)/b6-4+,14-12+,35-33+. The van der Waals surface area contributed by atoms with Crippen molar-refractivity contribution in [3.8, 4) is 0 Å². The molecular formula is C54H101NO10. The lowest BCUT2D eigenvalue weighted by molar-refractivity contribution is -0.303. The summed E-state index contributed by atoms with van der Waals surface area (Å²) in [5.74, 6) is -0.711. The molecule has 382 valence electrons. The predicted octanol–water partition coefficient (Wildman–Crippen LogP) is 10.3. The van der Waals surface area contributed by atoms with E-state index in [-0.39, 0.29) is 12.8 Å². The van der Waals surface area contributed by atoms with Crippen LogP contribution in [0.15, 0.2) is 36.5 Å². The summed E-state index contributed by atoms with van der Waals surface area (Å²) in [6, 6.07) is -1.19. The summed E-state index contributed by atoms with van der Waals surface area (Å²) in [5.41, 5.74) is 0. The first-order valence-electron chi connectivity index (χ1n) is 26.9. The molecule has 0 spiro atoms. The largest absolute Gasteiger partial charge is 0.394 e. The molecule has 1 rings (SSSR count). The summed E-state index contributed by atoms with van der Waals surface area (Å²) in [5, 5.41) is 75.8. The van der Waals surface area contributed by atoms with Crippen molar-refractivity contribution < 1.29 is 50.0 Å². The van der Waals surface area contributed by atoms with Crippen LogP contribution in [-0.2, 0) is 14.3 Å². The minimum absolute atomic E-state index is 0.241. The molecule has 8 N–H and O–H groups in total. The first kappa shape index (κ1) is 61.3. The number of unbranched alkanes of at least 4 members (excludes halogenated alkanes) is 28. The highest BCUT2D eigenvalue weighted by atomic mass is 16.7. The van der Waals surface area contributed by atoms with Gasteiger partial charge in [0.2, 0.25) is 5.91 Å². The second-order valence-electron chi connectivity index (χ2n) is 18.9. The number of amides is 1. The molecule has 9 unspecified atom stereocenters. The Hall–Kier alpha value is -1.67. The van der Waals surface area contributed by atoms with Crippen molar-refractivity contribution in [2.45, 2.75) is 287 Å². The van der Waals surface area contributed by atoms with E-state index in [0.717, 1.165) is 44.9 Å². The molecule has 0 radical (unpaired) electrons. The van der Waals surface area contributed by atoms with E-state index in [2.05, 4.69) is 42.6 Å². The fourth-order valence-electron chi connectivity index (χ4n) is 8.60.